The second kappa shape index (κ2) is 13.1. The number of rotatable bonds is 9. The molecular formula is C33H39F3N8OS. The Hall–Kier alpha value is -3.89. The third kappa shape index (κ3) is 6.93. The molecule has 6 rings (SSSR count). The molecule has 1 aromatic carbocycles. The first-order chi connectivity index (χ1) is 22.0. The standard InChI is InChI=1S/C33H39F3N8OS/c1-19(21-6-9-39-29(45)12-21)17-44-24(16-37)13-26-20(2)22(4-5-28(26)44)18-43-10-7-23(8-11-43)40-30-27-14-25(15-33(34,35)36)46-31(27)42-32(38-3)41-30/h4-5,13-14,19,21,23H,6-12,15,17-18H2,1-3H3,(H,39,45)(H2,38,40,41,42)/t19-,21?/m0/s1. The summed E-state index contributed by atoms with van der Waals surface area (Å²) in [6.07, 6.45) is -2.02. The molecule has 13 heteroatoms. The van der Waals surface area contributed by atoms with Crippen LogP contribution in [0.1, 0.15) is 54.3 Å². The number of aromatic nitrogens is 3. The lowest BCUT2D eigenvalue weighted by molar-refractivity contribution is -0.126. The average Bonchev–Trinajstić information content (AvgIpc) is 3.59. The average molecular weight is 653 g/mol. The number of thiophene rings is 1. The van der Waals surface area contributed by atoms with Crippen LogP contribution in [0.4, 0.5) is 24.9 Å². The fraction of sp³-hybridized carbons (Fsp3) is 0.515. The van der Waals surface area contributed by atoms with Gasteiger partial charge in [0.1, 0.15) is 22.4 Å². The molecule has 0 bridgehead atoms. The Morgan fingerprint density at radius 2 is 1.96 bits per heavy atom. The Morgan fingerprint density at radius 3 is 2.65 bits per heavy atom. The number of hydrogen-bond acceptors (Lipinski definition) is 8. The normalized spacial score (nSPS) is 18.9. The van der Waals surface area contributed by atoms with Crippen LogP contribution < -0.4 is 16.0 Å². The van der Waals surface area contributed by atoms with E-state index >= 15 is 0 Å². The van der Waals surface area contributed by atoms with Crippen molar-refractivity contribution in [1.82, 2.24) is 24.8 Å². The summed E-state index contributed by atoms with van der Waals surface area (Å²) in [6.45, 7) is 8.23. The SMILES string of the molecule is CNc1nc(NC2CCN(Cc3ccc4c(cc(C#N)n4C[C@H](C)C4CCNC(=O)C4)c3C)CC2)c2cc(CC(F)(F)F)sc2n1. The van der Waals surface area contributed by atoms with Gasteiger partial charge < -0.3 is 20.5 Å². The highest BCUT2D eigenvalue weighted by atomic mass is 32.1. The van der Waals surface area contributed by atoms with Crippen molar-refractivity contribution in [1.29, 1.82) is 5.26 Å². The highest BCUT2D eigenvalue weighted by Crippen LogP contribution is 2.35. The predicted octanol–water partition coefficient (Wildman–Crippen LogP) is 6.21. The smallest absolute Gasteiger partial charge is 0.367 e. The van der Waals surface area contributed by atoms with Crippen LogP contribution in [0.5, 0.6) is 0 Å². The third-order valence-electron chi connectivity index (χ3n) is 9.51. The number of nitrogens with zero attached hydrogens (tertiary/aromatic N) is 5. The molecular weight excluding hydrogens is 613 g/mol. The number of benzene rings is 1. The monoisotopic (exact) mass is 652 g/mol. The first-order valence-corrected chi connectivity index (χ1v) is 16.6. The molecule has 5 heterocycles. The Labute approximate surface area is 270 Å². The van der Waals surface area contributed by atoms with Crippen LogP contribution in [0.25, 0.3) is 21.1 Å². The number of likely N-dealkylation sites (tertiary alicyclic amines) is 1. The van der Waals surface area contributed by atoms with E-state index in [0.717, 1.165) is 61.1 Å². The molecule has 0 saturated carbocycles. The summed E-state index contributed by atoms with van der Waals surface area (Å²) >= 11 is 1.05. The fourth-order valence-corrected chi connectivity index (χ4v) is 7.92. The number of aryl methyl sites for hydroxylation is 1. The molecule has 244 valence electrons. The maximum atomic E-state index is 13.1. The second-order valence-corrected chi connectivity index (χ2v) is 13.8. The van der Waals surface area contributed by atoms with Gasteiger partial charge in [0.05, 0.1) is 11.8 Å². The molecule has 1 amide bonds. The van der Waals surface area contributed by atoms with Crippen LogP contribution in [0.15, 0.2) is 24.3 Å². The minimum Gasteiger partial charge on any atom is -0.367 e. The number of nitriles is 1. The molecule has 0 radical (unpaired) electrons. The van der Waals surface area contributed by atoms with Crippen LogP contribution in [0, 0.1) is 30.1 Å². The van der Waals surface area contributed by atoms with E-state index in [9.17, 15) is 23.2 Å². The van der Waals surface area contributed by atoms with Gasteiger partial charge in [0, 0.05) is 68.0 Å². The summed E-state index contributed by atoms with van der Waals surface area (Å²) in [5.74, 6) is 1.63. The minimum atomic E-state index is -4.28. The largest absolute Gasteiger partial charge is 0.393 e. The van der Waals surface area contributed by atoms with Crippen molar-refractivity contribution in [2.45, 2.75) is 71.3 Å². The number of nitrogens with one attached hydrogen (secondary N) is 3. The number of hydrogen-bond donors (Lipinski definition) is 3. The number of fused-ring (bicyclic) bond motifs is 2. The van der Waals surface area contributed by atoms with Crippen molar-refractivity contribution in [3.05, 3.63) is 46.0 Å². The molecule has 2 fully saturated rings. The van der Waals surface area contributed by atoms with E-state index in [2.05, 4.69) is 67.4 Å². The van der Waals surface area contributed by atoms with E-state index in [1.165, 1.54) is 11.1 Å². The van der Waals surface area contributed by atoms with Crippen LogP contribution in [-0.4, -0.2) is 64.2 Å². The zero-order valence-electron chi connectivity index (χ0n) is 26.3. The minimum absolute atomic E-state index is 0.108. The lowest BCUT2D eigenvalue weighted by Crippen LogP contribution is -2.39. The van der Waals surface area contributed by atoms with E-state index in [-0.39, 0.29) is 22.7 Å². The van der Waals surface area contributed by atoms with E-state index in [1.54, 1.807) is 13.1 Å². The molecule has 3 aromatic heterocycles. The van der Waals surface area contributed by atoms with Crippen LogP contribution in [0.2, 0.25) is 0 Å². The van der Waals surface area contributed by atoms with Gasteiger partial charge in [-0.25, -0.2) is 4.98 Å². The lowest BCUT2D eigenvalue weighted by Gasteiger charge is -2.33. The van der Waals surface area contributed by atoms with Crippen molar-refractivity contribution >= 4 is 50.1 Å². The van der Waals surface area contributed by atoms with E-state index in [1.807, 2.05) is 6.07 Å². The number of piperidine rings is 2. The Balaban J connectivity index is 1.12. The zero-order valence-corrected chi connectivity index (χ0v) is 27.1. The van der Waals surface area contributed by atoms with Gasteiger partial charge in [0.2, 0.25) is 11.9 Å². The van der Waals surface area contributed by atoms with Gasteiger partial charge in [-0.3, -0.25) is 9.69 Å². The maximum Gasteiger partial charge on any atom is 0.393 e. The predicted molar refractivity (Wildman–Crippen MR) is 175 cm³/mol. The van der Waals surface area contributed by atoms with Gasteiger partial charge >= 0.3 is 6.18 Å². The summed E-state index contributed by atoms with van der Waals surface area (Å²) in [7, 11) is 1.70. The van der Waals surface area contributed by atoms with E-state index in [0.29, 0.717) is 53.1 Å². The fourth-order valence-electron chi connectivity index (χ4n) is 6.86. The summed E-state index contributed by atoms with van der Waals surface area (Å²) < 4.78 is 41.3. The molecule has 9 nitrogen and oxygen atoms in total. The van der Waals surface area contributed by atoms with Crippen molar-refractivity contribution in [2.24, 2.45) is 11.8 Å². The topological polar surface area (TPSA) is 111 Å². The molecule has 0 spiro atoms. The number of anilines is 2. The van der Waals surface area contributed by atoms with Gasteiger partial charge in [-0.2, -0.15) is 23.4 Å². The quantitative estimate of drug-likeness (QED) is 0.197. The van der Waals surface area contributed by atoms with Gasteiger partial charge in [0.15, 0.2) is 0 Å². The number of alkyl halides is 3. The van der Waals surface area contributed by atoms with E-state index in [4.69, 9.17) is 0 Å². The summed E-state index contributed by atoms with van der Waals surface area (Å²) in [5, 5.41) is 21.0. The molecule has 1 unspecified atom stereocenters. The highest BCUT2D eigenvalue weighted by molar-refractivity contribution is 7.18. The second-order valence-electron chi connectivity index (χ2n) is 12.7. The van der Waals surface area contributed by atoms with Crippen LogP contribution >= 0.6 is 11.3 Å². The van der Waals surface area contributed by atoms with Crippen LogP contribution in [-0.2, 0) is 24.3 Å². The van der Waals surface area contributed by atoms with Crippen molar-refractivity contribution in [3.63, 3.8) is 0 Å². The van der Waals surface area contributed by atoms with Crippen molar-refractivity contribution in [2.75, 3.05) is 37.3 Å². The first kappa shape index (κ1) is 32.1. The molecule has 4 aromatic rings. The van der Waals surface area contributed by atoms with Gasteiger partial charge in [0.25, 0.3) is 0 Å². The maximum absolute atomic E-state index is 13.1. The molecule has 3 N–H and O–H groups in total. The van der Waals surface area contributed by atoms with Crippen molar-refractivity contribution in [3.8, 4) is 6.07 Å². The summed E-state index contributed by atoms with van der Waals surface area (Å²) in [4.78, 5) is 24.1. The first-order valence-electron chi connectivity index (χ1n) is 15.8. The molecule has 2 atom stereocenters. The van der Waals surface area contributed by atoms with Gasteiger partial charge in [-0.15, -0.1) is 11.3 Å². The van der Waals surface area contributed by atoms with Crippen molar-refractivity contribution < 1.29 is 18.0 Å². The number of carbonyl (C=O) groups excluding carboxylic acids is 1. The van der Waals surface area contributed by atoms with Gasteiger partial charge in [-0.05, 0) is 67.3 Å². The van der Waals surface area contributed by atoms with Crippen LogP contribution in [0.3, 0.4) is 0 Å². The number of amides is 1. The Kier molecular flexibility index (Phi) is 9.12. The molecule has 46 heavy (non-hydrogen) atoms. The molecule has 2 saturated heterocycles. The third-order valence-corrected chi connectivity index (χ3v) is 10.5. The summed E-state index contributed by atoms with van der Waals surface area (Å²) in [5.41, 5.74) is 4.10. The molecule has 2 aliphatic rings. The Morgan fingerprint density at radius 1 is 1.17 bits per heavy atom. The number of carbonyl (C=O) groups is 1. The van der Waals surface area contributed by atoms with Gasteiger partial charge in [-0.1, -0.05) is 13.0 Å². The highest BCUT2D eigenvalue weighted by Gasteiger charge is 2.30. The Bertz CT molecular complexity index is 1780. The van der Waals surface area contributed by atoms with E-state index < -0.39 is 12.6 Å². The lowest BCUT2D eigenvalue weighted by atomic mass is 9.85. The zero-order chi connectivity index (χ0) is 32.6. The summed E-state index contributed by atoms with van der Waals surface area (Å²) in [6, 6.07) is 10.4. The molecule has 2 aliphatic heterocycles. The molecule has 0 aliphatic carbocycles. The number of halogens is 3.